The van der Waals surface area contributed by atoms with Gasteiger partial charge in [0.05, 0.1) is 11.6 Å². The number of rotatable bonds is 4. The van der Waals surface area contributed by atoms with Gasteiger partial charge in [-0.1, -0.05) is 26.8 Å². The van der Waals surface area contributed by atoms with Crippen molar-refractivity contribution in [1.29, 1.82) is 0 Å². The first-order valence-corrected chi connectivity index (χ1v) is 11.1. The van der Waals surface area contributed by atoms with E-state index in [0.29, 0.717) is 26.2 Å². The Labute approximate surface area is 188 Å². The molecule has 1 aromatic heterocycles. The van der Waals surface area contributed by atoms with E-state index >= 15 is 0 Å². The van der Waals surface area contributed by atoms with Crippen molar-refractivity contribution in [2.45, 2.75) is 39.5 Å². The number of aromatic nitrogens is 2. The van der Waals surface area contributed by atoms with Crippen molar-refractivity contribution in [3.05, 3.63) is 47.9 Å². The highest BCUT2D eigenvalue weighted by Gasteiger charge is 2.34. The molecule has 2 aliphatic heterocycles. The molecule has 170 valence electrons. The number of anilines is 2. The van der Waals surface area contributed by atoms with Crippen molar-refractivity contribution in [3.63, 3.8) is 0 Å². The van der Waals surface area contributed by atoms with E-state index in [-0.39, 0.29) is 34.8 Å². The molecular formula is C24H30FN5O2. The van der Waals surface area contributed by atoms with E-state index < -0.39 is 5.82 Å². The Hall–Kier alpha value is -3.03. The zero-order valence-electron chi connectivity index (χ0n) is 18.8. The van der Waals surface area contributed by atoms with Crippen molar-refractivity contribution in [3.8, 4) is 0 Å². The molecule has 3 heterocycles. The number of benzene rings is 1. The Morgan fingerprint density at radius 3 is 2.44 bits per heavy atom. The fourth-order valence-electron chi connectivity index (χ4n) is 4.31. The molecular weight excluding hydrogens is 409 g/mol. The summed E-state index contributed by atoms with van der Waals surface area (Å²) in [4.78, 5) is 28.9. The van der Waals surface area contributed by atoms with Crippen LogP contribution in [0.5, 0.6) is 0 Å². The minimum Gasteiger partial charge on any atom is -0.353 e. The molecule has 0 spiro atoms. The second-order valence-electron chi connectivity index (χ2n) is 9.73. The second kappa shape index (κ2) is 8.84. The first kappa shape index (κ1) is 22.2. The summed E-state index contributed by atoms with van der Waals surface area (Å²) < 4.78 is 14.7. The summed E-state index contributed by atoms with van der Waals surface area (Å²) in [6.07, 6.45) is 3.23. The first-order valence-electron chi connectivity index (χ1n) is 11.1. The third-order valence-corrected chi connectivity index (χ3v) is 6.28. The van der Waals surface area contributed by atoms with E-state index in [2.05, 4.69) is 15.5 Å². The number of piperidine rings is 1. The Morgan fingerprint density at radius 2 is 1.84 bits per heavy atom. The van der Waals surface area contributed by atoms with Crippen LogP contribution in [-0.2, 0) is 9.59 Å². The molecule has 1 N–H and O–H groups in total. The number of halogens is 1. The van der Waals surface area contributed by atoms with Crippen molar-refractivity contribution in [2.75, 3.05) is 36.4 Å². The van der Waals surface area contributed by atoms with Crippen molar-refractivity contribution in [1.82, 2.24) is 15.1 Å². The van der Waals surface area contributed by atoms with Crippen LogP contribution in [0, 0.1) is 17.2 Å². The number of hydrogen-bond acceptors (Lipinski definition) is 5. The zero-order chi connectivity index (χ0) is 22.9. The van der Waals surface area contributed by atoms with Gasteiger partial charge in [0.2, 0.25) is 11.8 Å². The highest BCUT2D eigenvalue weighted by Crippen LogP contribution is 2.32. The Balaban J connectivity index is 1.30. The van der Waals surface area contributed by atoms with Crippen LogP contribution in [0.3, 0.4) is 0 Å². The van der Waals surface area contributed by atoms with E-state index in [9.17, 15) is 14.0 Å². The molecule has 2 fully saturated rings. The van der Waals surface area contributed by atoms with Crippen LogP contribution in [0.2, 0.25) is 0 Å². The molecule has 2 aliphatic rings. The second-order valence-corrected chi connectivity index (χ2v) is 9.73. The van der Waals surface area contributed by atoms with Crippen LogP contribution in [0.25, 0.3) is 0 Å². The topological polar surface area (TPSA) is 78.4 Å². The summed E-state index contributed by atoms with van der Waals surface area (Å²) in [7, 11) is 0. The molecule has 1 aromatic carbocycles. The summed E-state index contributed by atoms with van der Waals surface area (Å²) in [5.74, 6) is 0.294. The van der Waals surface area contributed by atoms with E-state index in [1.807, 2.05) is 42.7 Å². The molecule has 2 aromatic rings. The van der Waals surface area contributed by atoms with Crippen LogP contribution in [0.4, 0.5) is 15.9 Å². The molecule has 0 atom stereocenters. The largest absolute Gasteiger partial charge is 0.353 e. The minimum absolute atomic E-state index is 0.161. The van der Waals surface area contributed by atoms with Gasteiger partial charge in [-0.25, -0.2) is 4.39 Å². The number of carbonyl (C=O) groups excluding carboxylic acids is 2. The highest BCUT2D eigenvalue weighted by atomic mass is 19.1. The van der Waals surface area contributed by atoms with Gasteiger partial charge < -0.3 is 15.1 Å². The van der Waals surface area contributed by atoms with Gasteiger partial charge >= 0.3 is 0 Å². The third-order valence-electron chi connectivity index (χ3n) is 6.28. The predicted octanol–water partition coefficient (Wildman–Crippen LogP) is 3.44. The molecule has 0 bridgehead atoms. The summed E-state index contributed by atoms with van der Waals surface area (Å²) >= 11 is 0. The van der Waals surface area contributed by atoms with E-state index in [4.69, 9.17) is 0 Å². The van der Waals surface area contributed by atoms with Gasteiger partial charge in [0, 0.05) is 37.8 Å². The molecule has 32 heavy (non-hydrogen) atoms. The molecule has 0 unspecified atom stereocenters. The van der Waals surface area contributed by atoms with E-state index in [1.165, 1.54) is 6.07 Å². The van der Waals surface area contributed by atoms with E-state index in [0.717, 1.165) is 24.2 Å². The molecule has 8 heteroatoms. The van der Waals surface area contributed by atoms with Gasteiger partial charge in [0.25, 0.3) is 0 Å². The van der Waals surface area contributed by atoms with Gasteiger partial charge in [-0.05, 0) is 48.6 Å². The normalized spacial score (nSPS) is 17.8. The number of likely N-dealkylation sites (tertiary alicyclic amines) is 1. The summed E-state index contributed by atoms with van der Waals surface area (Å²) in [5.41, 5.74) is 0.739. The molecule has 0 aliphatic carbocycles. The predicted molar refractivity (Wildman–Crippen MR) is 121 cm³/mol. The molecule has 0 radical (unpaired) electrons. The maximum absolute atomic E-state index is 14.7. The molecule has 7 nitrogen and oxygen atoms in total. The van der Waals surface area contributed by atoms with Crippen LogP contribution in [-0.4, -0.2) is 53.1 Å². The summed E-state index contributed by atoms with van der Waals surface area (Å²) in [6.45, 7) is 8.24. The van der Waals surface area contributed by atoms with Gasteiger partial charge in [-0.2, -0.15) is 5.10 Å². The third kappa shape index (κ3) is 4.74. The monoisotopic (exact) mass is 439 g/mol. The number of carbonyl (C=O) groups is 2. The Morgan fingerprint density at radius 1 is 1.12 bits per heavy atom. The van der Waals surface area contributed by atoms with Crippen molar-refractivity contribution in [2.24, 2.45) is 11.3 Å². The van der Waals surface area contributed by atoms with Crippen molar-refractivity contribution < 1.29 is 14.0 Å². The number of hydrogen-bond donors (Lipinski definition) is 1. The lowest BCUT2D eigenvalue weighted by Gasteiger charge is -2.38. The Bertz CT molecular complexity index is 978. The van der Waals surface area contributed by atoms with Crippen LogP contribution in [0.15, 0.2) is 36.5 Å². The molecule has 4 rings (SSSR count). The van der Waals surface area contributed by atoms with Gasteiger partial charge in [-0.15, -0.1) is 5.10 Å². The standard InChI is InChI=1S/C24H30FN5O2/c1-24(2,3)23(32)29-11-8-16(9-12-29)17-6-7-20(19(25)13-17)27-22(31)18-14-30(15-18)21-5-4-10-26-28-21/h4-7,10,13,16,18H,8-9,11-12,14-15H2,1-3H3,(H,27,31). The van der Waals surface area contributed by atoms with Crippen LogP contribution < -0.4 is 10.2 Å². The first-order chi connectivity index (χ1) is 15.2. The maximum atomic E-state index is 14.7. The fourth-order valence-corrected chi connectivity index (χ4v) is 4.31. The average molecular weight is 440 g/mol. The number of nitrogens with zero attached hydrogens (tertiary/aromatic N) is 4. The van der Waals surface area contributed by atoms with Crippen molar-refractivity contribution >= 4 is 23.3 Å². The SMILES string of the molecule is CC(C)(C)C(=O)N1CCC(c2ccc(NC(=O)C3CN(c4cccnn4)C3)c(F)c2)CC1. The lowest BCUT2D eigenvalue weighted by molar-refractivity contribution is -0.140. The summed E-state index contributed by atoms with van der Waals surface area (Å²) in [6, 6.07) is 8.71. The number of nitrogens with one attached hydrogen (secondary N) is 1. The molecule has 2 amide bonds. The fraction of sp³-hybridized carbons (Fsp3) is 0.500. The smallest absolute Gasteiger partial charge is 0.231 e. The zero-order valence-corrected chi connectivity index (χ0v) is 18.8. The van der Waals surface area contributed by atoms with Gasteiger partial charge in [-0.3, -0.25) is 9.59 Å². The van der Waals surface area contributed by atoms with Gasteiger partial charge in [0.15, 0.2) is 5.82 Å². The summed E-state index contributed by atoms with van der Waals surface area (Å²) in [5, 5.41) is 10.6. The van der Waals surface area contributed by atoms with Crippen LogP contribution in [0.1, 0.15) is 45.1 Å². The van der Waals surface area contributed by atoms with E-state index in [1.54, 1.807) is 18.3 Å². The minimum atomic E-state index is -0.422. The average Bonchev–Trinajstić information content (AvgIpc) is 2.74. The lowest BCUT2D eigenvalue weighted by Crippen LogP contribution is -2.52. The van der Waals surface area contributed by atoms with Gasteiger partial charge in [0.1, 0.15) is 5.82 Å². The quantitative estimate of drug-likeness (QED) is 0.790. The molecule has 2 saturated heterocycles. The Kier molecular flexibility index (Phi) is 6.13. The maximum Gasteiger partial charge on any atom is 0.231 e. The van der Waals surface area contributed by atoms with Crippen LogP contribution >= 0.6 is 0 Å². The molecule has 0 saturated carbocycles. The lowest BCUT2D eigenvalue weighted by atomic mass is 9.87. The number of amides is 2. The highest BCUT2D eigenvalue weighted by molar-refractivity contribution is 5.94.